The summed E-state index contributed by atoms with van der Waals surface area (Å²) in [5.41, 5.74) is 5.73. The van der Waals surface area contributed by atoms with E-state index in [0.29, 0.717) is 0 Å². The Hall–Kier alpha value is -2.38. The average molecular weight is 606 g/mol. The van der Waals surface area contributed by atoms with E-state index in [4.69, 9.17) is 23.7 Å². The van der Waals surface area contributed by atoms with Gasteiger partial charge in [0.05, 0.1) is 40.0 Å². The molecule has 0 aliphatic heterocycles. The van der Waals surface area contributed by atoms with Crippen LogP contribution in [0.15, 0.2) is 46.9 Å². The van der Waals surface area contributed by atoms with Crippen LogP contribution in [-0.4, -0.2) is 35.5 Å². The van der Waals surface area contributed by atoms with Crippen LogP contribution in [0.25, 0.3) is 0 Å². The van der Waals surface area contributed by atoms with Gasteiger partial charge in [0.2, 0.25) is 0 Å². The van der Waals surface area contributed by atoms with Crippen LogP contribution < -0.4 is 23.7 Å². The van der Waals surface area contributed by atoms with Crippen LogP contribution in [0.5, 0.6) is 28.7 Å². The Morgan fingerprint density at radius 2 is 1.34 bits per heavy atom. The van der Waals surface area contributed by atoms with Crippen molar-refractivity contribution in [2.45, 2.75) is 30.0 Å². The monoisotopic (exact) mass is 604 g/mol. The lowest BCUT2D eigenvalue weighted by Crippen LogP contribution is -2.13. The molecule has 35 heavy (non-hydrogen) atoms. The first kappa shape index (κ1) is 25.7. The van der Waals surface area contributed by atoms with Crippen molar-refractivity contribution in [1.82, 2.24) is 0 Å². The van der Waals surface area contributed by atoms with E-state index < -0.39 is 0 Å². The van der Waals surface area contributed by atoms with Gasteiger partial charge in [-0.15, -0.1) is 0 Å². The van der Waals surface area contributed by atoms with Crippen molar-refractivity contribution in [1.29, 1.82) is 0 Å². The molecule has 0 N–H and O–H groups in total. The topological polar surface area (TPSA) is 46.2 Å². The average Bonchev–Trinajstić information content (AvgIpc) is 3.21. The summed E-state index contributed by atoms with van der Waals surface area (Å²) in [5.74, 6) is 3.96. The predicted molar refractivity (Wildman–Crippen MR) is 145 cm³/mol. The third-order valence-electron chi connectivity index (χ3n) is 6.83. The molecule has 3 atom stereocenters. The molecular weight excluding hydrogens is 576 g/mol. The van der Waals surface area contributed by atoms with Crippen LogP contribution in [0.1, 0.15) is 51.4 Å². The smallest absolute Gasteiger partial charge is 0.137 e. The summed E-state index contributed by atoms with van der Waals surface area (Å²) in [7, 11) is 8.45. The second kappa shape index (κ2) is 10.7. The van der Waals surface area contributed by atoms with Gasteiger partial charge in [-0.3, -0.25) is 0 Å². The van der Waals surface area contributed by atoms with E-state index in [1.54, 1.807) is 35.5 Å². The molecule has 0 radical (unpaired) electrons. The molecule has 0 fully saturated rings. The minimum absolute atomic E-state index is 0.00354. The summed E-state index contributed by atoms with van der Waals surface area (Å²) in [5, 5.41) is 0. The maximum atomic E-state index is 5.96. The van der Waals surface area contributed by atoms with Crippen molar-refractivity contribution >= 4 is 31.9 Å². The quantitative estimate of drug-likeness (QED) is 0.250. The Morgan fingerprint density at radius 3 is 1.89 bits per heavy atom. The third-order valence-corrected chi connectivity index (χ3v) is 8.68. The van der Waals surface area contributed by atoms with Crippen molar-refractivity contribution < 1.29 is 23.7 Å². The van der Waals surface area contributed by atoms with Gasteiger partial charge in [-0.1, -0.05) is 35.0 Å². The van der Waals surface area contributed by atoms with Crippen LogP contribution in [0.4, 0.5) is 0 Å². The van der Waals surface area contributed by atoms with Gasteiger partial charge in [-0.25, -0.2) is 0 Å². The van der Waals surface area contributed by atoms with Crippen molar-refractivity contribution in [2.75, 3.05) is 35.5 Å². The summed E-state index contributed by atoms with van der Waals surface area (Å²) in [6.45, 7) is 2.15. The van der Waals surface area contributed by atoms with Crippen LogP contribution in [0, 0.1) is 0 Å². The Bertz CT molecular complexity index is 1210. The van der Waals surface area contributed by atoms with E-state index in [1.165, 1.54) is 5.56 Å². The molecule has 1 aliphatic carbocycles. The molecule has 1 aliphatic rings. The number of ether oxygens (including phenoxy) is 5. The molecule has 7 heteroatoms. The zero-order valence-corrected chi connectivity index (χ0v) is 23.9. The molecule has 0 aromatic heterocycles. The van der Waals surface area contributed by atoms with Crippen LogP contribution in [0.2, 0.25) is 0 Å². The van der Waals surface area contributed by atoms with E-state index in [-0.39, 0.29) is 16.7 Å². The SMILES string of the molecule is CCc1c(OC)cc(OC)cc1C1c2c(OC)cc(OC)c(Br)c2C(Br)C1c1ccc(OC)cc1. The lowest BCUT2D eigenvalue weighted by atomic mass is 9.79. The highest BCUT2D eigenvalue weighted by atomic mass is 79.9. The maximum absolute atomic E-state index is 5.96. The minimum atomic E-state index is -0.0288. The lowest BCUT2D eigenvalue weighted by molar-refractivity contribution is 0.385. The Balaban J connectivity index is 2.07. The van der Waals surface area contributed by atoms with Crippen LogP contribution in [0.3, 0.4) is 0 Å². The predicted octanol–water partition coefficient (Wildman–Crippen LogP) is 7.42. The first-order valence-electron chi connectivity index (χ1n) is 11.4. The van der Waals surface area contributed by atoms with Gasteiger partial charge in [-0.05, 0) is 62.8 Å². The maximum Gasteiger partial charge on any atom is 0.137 e. The summed E-state index contributed by atoms with van der Waals surface area (Å²) in [4.78, 5) is -0.00354. The highest BCUT2D eigenvalue weighted by molar-refractivity contribution is 9.11. The number of benzene rings is 3. The number of hydrogen-bond donors (Lipinski definition) is 0. The van der Waals surface area contributed by atoms with Gasteiger partial charge in [-0.2, -0.15) is 0 Å². The van der Waals surface area contributed by atoms with E-state index in [9.17, 15) is 0 Å². The third kappa shape index (κ3) is 4.38. The molecule has 186 valence electrons. The normalized spacial score (nSPS) is 18.7. The molecule has 3 unspecified atom stereocenters. The molecule has 0 amide bonds. The second-order valence-corrected chi connectivity index (χ2v) is 10.1. The van der Waals surface area contributed by atoms with Gasteiger partial charge in [0.1, 0.15) is 28.7 Å². The summed E-state index contributed by atoms with van der Waals surface area (Å²) < 4.78 is 29.5. The largest absolute Gasteiger partial charge is 0.497 e. The van der Waals surface area contributed by atoms with Gasteiger partial charge < -0.3 is 23.7 Å². The molecule has 0 spiro atoms. The number of methoxy groups -OCH3 is 5. The first-order valence-corrected chi connectivity index (χ1v) is 13.1. The standard InChI is InChI=1S/C28H30Br2O5/c1-7-18-19(12-17(32-3)13-20(18)33-4)24-23(15-8-10-16(31-2)11-9-15)28(30)26-25(24)21(34-5)14-22(35-6)27(26)29/h8-14,23-24,28H,7H2,1-6H3. The van der Waals surface area contributed by atoms with Gasteiger partial charge >= 0.3 is 0 Å². The van der Waals surface area contributed by atoms with E-state index in [1.807, 2.05) is 24.3 Å². The lowest BCUT2D eigenvalue weighted by Gasteiger charge is -2.28. The first-order chi connectivity index (χ1) is 16.9. The van der Waals surface area contributed by atoms with Gasteiger partial charge in [0, 0.05) is 34.4 Å². The highest BCUT2D eigenvalue weighted by Crippen LogP contribution is 2.63. The molecule has 0 bridgehead atoms. The fourth-order valence-corrected chi connectivity index (χ4v) is 7.34. The highest BCUT2D eigenvalue weighted by Gasteiger charge is 2.46. The molecule has 3 aromatic rings. The molecular formula is C28H30Br2O5. The molecule has 0 heterocycles. The summed E-state index contributed by atoms with van der Waals surface area (Å²) in [6.07, 6.45) is 0.816. The van der Waals surface area contributed by atoms with Gasteiger partial charge in [0.25, 0.3) is 0 Å². The molecule has 3 aromatic carbocycles. The summed E-state index contributed by atoms with van der Waals surface area (Å²) in [6, 6.07) is 14.3. The van der Waals surface area contributed by atoms with E-state index in [2.05, 4.69) is 57.0 Å². The minimum Gasteiger partial charge on any atom is -0.497 e. The number of hydrogen-bond acceptors (Lipinski definition) is 5. The van der Waals surface area contributed by atoms with E-state index >= 15 is 0 Å². The molecule has 0 saturated heterocycles. The number of rotatable bonds is 8. The fraction of sp³-hybridized carbons (Fsp3) is 0.357. The van der Waals surface area contributed by atoms with Crippen molar-refractivity contribution in [2.24, 2.45) is 0 Å². The number of fused-ring (bicyclic) bond motifs is 1. The molecule has 5 nitrogen and oxygen atoms in total. The van der Waals surface area contributed by atoms with Gasteiger partial charge in [0.15, 0.2) is 0 Å². The number of halogens is 2. The Morgan fingerprint density at radius 1 is 0.714 bits per heavy atom. The number of alkyl halides is 1. The molecule has 4 rings (SSSR count). The van der Waals surface area contributed by atoms with Crippen LogP contribution >= 0.6 is 31.9 Å². The zero-order chi connectivity index (χ0) is 25.3. The van der Waals surface area contributed by atoms with Crippen molar-refractivity contribution in [3.63, 3.8) is 0 Å². The molecule has 0 saturated carbocycles. The Kier molecular flexibility index (Phi) is 7.86. The van der Waals surface area contributed by atoms with Crippen molar-refractivity contribution in [3.05, 3.63) is 74.8 Å². The van der Waals surface area contributed by atoms with E-state index in [0.717, 1.165) is 61.9 Å². The Labute approximate surface area is 223 Å². The second-order valence-electron chi connectivity index (χ2n) is 8.35. The zero-order valence-electron chi connectivity index (χ0n) is 20.8. The summed E-state index contributed by atoms with van der Waals surface area (Å²) >= 11 is 7.90. The fourth-order valence-electron chi connectivity index (χ4n) is 5.21. The van der Waals surface area contributed by atoms with Crippen LogP contribution in [-0.2, 0) is 6.42 Å². The van der Waals surface area contributed by atoms with Crippen molar-refractivity contribution in [3.8, 4) is 28.7 Å².